The van der Waals surface area contributed by atoms with Gasteiger partial charge in [-0.25, -0.2) is 0 Å². The van der Waals surface area contributed by atoms with Crippen molar-refractivity contribution in [1.29, 1.82) is 0 Å². The van der Waals surface area contributed by atoms with Crippen molar-refractivity contribution in [2.45, 2.75) is 13.3 Å². The van der Waals surface area contributed by atoms with E-state index >= 15 is 0 Å². The third kappa shape index (κ3) is 4.37. The highest BCUT2D eigenvalue weighted by Gasteiger charge is 2.12. The van der Waals surface area contributed by atoms with Gasteiger partial charge in [-0.1, -0.05) is 5.16 Å². The Morgan fingerprint density at radius 2 is 2.00 bits per heavy atom. The molecule has 0 aliphatic rings. The van der Waals surface area contributed by atoms with Crippen LogP contribution in [0.1, 0.15) is 21.8 Å². The Bertz CT molecular complexity index is 832. The average Bonchev–Trinajstić information content (AvgIpc) is 3.05. The highest BCUT2D eigenvalue weighted by molar-refractivity contribution is 6.02. The second-order valence-electron chi connectivity index (χ2n) is 5.58. The van der Waals surface area contributed by atoms with E-state index in [-0.39, 0.29) is 11.6 Å². The molecular weight excluding hydrogens is 320 g/mol. The van der Waals surface area contributed by atoms with Gasteiger partial charge in [0.15, 0.2) is 17.3 Å². The maximum atomic E-state index is 12.1. The third-order valence-electron chi connectivity index (χ3n) is 3.63. The predicted molar refractivity (Wildman–Crippen MR) is 92.4 cm³/mol. The van der Waals surface area contributed by atoms with Crippen molar-refractivity contribution >= 4 is 17.5 Å². The molecule has 3 aromatic heterocycles. The predicted octanol–water partition coefficient (Wildman–Crippen LogP) is 2.10. The number of pyridine rings is 1. The van der Waals surface area contributed by atoms with Crippen LogP contribution < -0.4 is 10.2 Å². The minimum absolute atomic E-state index is 0.215. The van der Waals surface area contributed by atoms with Gasteiger partial charge in [0.1, 0.15) is 5.76 Å². The van der Waals surface area contributed by atoms with Crippen LogP contribution in [-0.4, -0.2) is 39.8 Å². The first-order valence-electron chi connectivity index (χ1n) is 7.80. The van der Waals surface area contributed by atoms with Crippen LogP contribution in [0.3, 0.4) is 0 Å². The standard InChI is InChI=1S/C17H18N6O2/c1-12-11-15(22-25-12)19-17(24)14-3-4-16(21-20-14)23(2)10-7-13-5-8-18-9-6-13/h3-6,8-9,11H,7,10H2,1-2H3,(H,19,22,24). The Kier molecular flexibility index (Phi) is 4.98. The summed E-state index contributed by atoms with van der Waals surface area (Å²) in [7, 11) is 1.93. The highest BCUT2D eigenvalue weighted by Crippen LogP contribution is 2.11. The van der Waals surface area contributed by atoms with E-state index in [4.69, 9.17) is 4.52 Å². The van der Waals surface area contributed by atoms with Crippen molar-refractivity contribution in [3.8, 4) is 0 Å². The lowest BCUT2D eigenvalue weighted by Gasteiger charge is -2.17. The number of aryl methyl sites for hydroxylation is 1. The summed E-state index contributed by atoms with van der Waals surface area (Å²) in [5.74, 6) is 1.28. The first-order valence-corrected chi connectivity index (χ1v) is 7.80. The molecule has 0 aromatic carbocycles. The number of carbonyl (C=O) groups excluding carboxylic acids is 1. The molecule has 3 aromatic rings. The van der Waals surface area contributed by atoms with Crippen molar-refractivity contribution in [1.82, 2.24) is 20.3 Å². The molecule has 0 unspecified atom stereocenters. The van der Waals surface area contributed by atoms with Crippen molar-refractivity contribution in [2.24, 2.45) is 0 Å². The zero-order valence-electron chi connectivity index (χ0n) is 14.0. The van der Waals surface area contributed by atoms with Gasteiger partial charge in [-0.3, -0.25) is 9.78 Å². The number of rotatable bonds is 6. The average molecular weight is 338 g/mol. The van der Waals surface area contributed by atoms with E-state index in [0.717, 1.165) is 13.0 Å². The summed E-state index contributed by atoms with van der Waals surface area (Å²) in [5, 5.41) is 14.4. The number of anilines is 2. The molecule has 0 aliphatic heterocycles. The number of aromatic nitrogens is 4. The fourth-order valence-corrected chi connectivity index (χ4v) is 2.22. The van der Waals surface area contributed by atoms with Crippen LogP contribution in [0.2, 0.25) is 0 Å². The number of nitrogens with one attached hydrogen (secondary N) is 1. The molecule has 3 rings (SSSR count). The molecule has 8 nitrogen and oxygen atoms in total. The Labute approximate surface area is 144 Å². The minimum atomic E-state index is -0.383. The lowest BCUT2D eigenvalue weighted by atomic mass is 10.2. The summed E-state index contributed by atoms with van der Waals surface area (Å²) in [6, 6.07) is 9.00. The molecule has 128 valence electrons. The second kappa shape index (κ2) is 7.52. The van der Waals surface area contributed by atoms with Crippen LogP contribution in [-0.2, 0) is 6.42 Å². The molecule has 1 amide bonds. The summed E-state index contributed by atoms with van der Waals surface area (Å²) < 4.78 is 4.90. The van der Waals surface area contributed by atoms with E-state index in [2.05, 4.69) is 25.7 Å². The van der Waals surface area contributed by atoms with Crippen LogP contribution in [0.4, 0.5) is 11.6 Å². The highest BCUT2D eigenvalue weighted by atomic mass is 16.5. The fraction of sp³-hybridized carbons (Fsp3) is 0.235. The fourth-order valence-electron chi connectivity index (χ4n) is 2.22. The molecule has 0 saturated heterocycles. The number of hydrogen-bond donors (Lipinski definition) is 1. The monoisotopic (exact) mass is 338 g/mol. The Balaban J connectivity index is 1.58. The number of hydrogen-bond acceptors (Lipinski definition) is 7. The van der Waals surface area contributed by atoms with Gasteiger partial charge in [0.25, 0.3) is 5.91 Å². The first kappa shape index (κ1) is 16.6. The SMILES string of the molecule is Cc1cc(NC(=O)c2ccc(N(C)CCc3ccncc3)nn2)no1. The molecule has 0 saturated carbocycles. The van der Waals surface area contributed by atoms with Gasteiger partial charge in [-0.05, 0) is 43.2 Å². The van der Waals surface area contributed by atoms with E-state index in [1.807, 2.05) is 24.1 Å². The number of carbonyl (C=O) groups is 1. The van der Waals surface area contributed by atoms with Crippen LogP contribution in [0.5, 0.6) is 0 Å². The van der Waals surface area contributed by atoms with Crippen molar-refractivity contribution in [3.05, 3.63) is 59.7 Å². The van der Waals surface area contributed by atoms with Crippen LogP contribution in [0, 0.1) is 6.92 Å². The van der Waals surface area contributed by atoms with Gasteiger partial charge in [-0.2, -0.15) is 0 Å². The smallest absolute Gasteiger partial charge is 0.277 e. The Morgan fingerprint density at radius 3 is 2.64 bits per heavy atom. The van der Waals surface area contributed by atoms with Gasteiger partial charge in [0, 0.05) is 32.1 Å². The van der Waals surface area contributed by atoms with Crippen molar-refractivity contribution in [2.75, 3.05) is 23.8 Å². The second-order valence-corrected chi connectivity index (χ2v) is 5.58. The van der Waals surface area contributed by atoms with E-state index in [0.29, 0.717) is 17.4 Å². The van der Waals surface area contributed by atoms with Gasteiger partial charge < -0.3 is 14.7 Å². The van der Waals surface area contributed by atoms with E-state index in [1.165, 1.54) is 5.56 Å². The zero-order chi connectivity index (χ0) is 17.6. The molecule has 3 heterocycles. The lowest BCUT2D eigenvalue weighted by Crippen LogP contribution is -2.22. The molecule has 0 spiro atoms. The topological polar surface area (TPSA) is 97.0 Å². The van der Waals surface area contributed by atoms with Gasteiger partial charge in [0.2, 0.25) is 0 Å². The van der Waals surface area contributed by atoms with Crippen LogP contribution in [0.15, 0.2) is 47.2 Å². The maximum Gasteiger partial charge on any atom is 0.277 e. The minimum Gasteiger partial charge on any atom is -0.360 e. The molecule has 0 fully saturated rings. The van der Waals surface area contributed by atoms with Crippen molar-refractivity contribution < 1.29 is 9.32 Å². The number of amides is 1. The Hall–Kier alpha value is -3.29. The molecule has 0 bridgehead atoms. The molecule has 0 radical (unpaired) electrons. The van der Waals surface area contributed by atoms with Crippen molar-refractivity contribution in [3.63, 3.8) is 0 Å². The van der Waals surface area contributed by atoms with Gasteiger partial charge >= 0.3 is 0 Å². The number of nitrogens with zero attached hydrogens (tertiary/aromatic N) is 5. The summed E-state index contributed by atoms with van der Waals surface area (Å²) in [4.78, 5) is 18.1. The van der Waals surface area contributed by atoms with E-state index in [9.17, 15) is 4.79 Å². The van der Waals surface area contributed by atoms with Crippen LogP contribution in [0.25, 0.3) is 0 Å². The quantitative estimate of drug-likeness (QED) is 0.735. The van der Waals surface area contributed by atoms with Gasteiger partial charge in [0.05, 0.1) is 0 Å². The molecular formula is C17H18N6O2. The van der Waals surface area contributed by atoms with E-state index < -0.39 is 0 Å². The molecule has 0 aliphatic carbocycles. The van der Waals surface area contributed by atoms with Gasteiger partial charge in [-0.15, -0.1) is 10.2 Å². The molecule has 1 N–H and O–H groups in total. The summed E-state index contributed by atoms with van der Waals surface area (Å²) in [5.41, 5.74) is 1.42. The largest absolute Gasteiger partial charge is 0.360 e. The van der Waals surface area contributed by atoms with E-state index in [1.54, 1.807) is 37.5 Å². The maximum absolute atomic E-state index is 12.1. The summed E-state index contributed by atoms with van der Waals surface area (Å²) in [6.45, 7) is 2.53. The summed E-state index contributed by atoms with van der Waals surface area (Å²) in [6.07, 6.45) is 4.42. The molecule has 0 atom stereocenters. The lowest BCUT2D eigenvalue weighted by molar-refractivity contribution is 0.102. The first-order chi connectivity index (χ1) is 12.1. The normalized spacial score (nSPS) is 10.5. The molecule has 25 heavy (non-hydrogen) atoms. The third-order valence-corrected chi connectivity index (χ3v) is 3.63. The Morgan fingerprint density at radius 1 is 1.20 bits per heavy atom. The number of likely N-dealkylation sites (N-methyl/N-ethyl adjacent to an activating group) is 1. The van der Waals surface area contributed by atoms with Crippen LogP contribution >= 0.6 is 0 Å². The summed E-state index contributed by atoms with van der Waals surface area (Å²) >= 11 is 0. The zero-order valence-corrected chi connectivity index (χ0v) is 14.0. The molecule has 8 heteroatoms.